The van der Waals surface area contributed by atoms with E-state index < -0.39 is 0 Å². The number of likely N-dealkylation sites (tertiary alicyclic amines) is 2. The monoisotopic (exact) mass is 376 g/mol. The van der Waals surface area contributed by atoms with Gasteiger partial charge in [0.2, 0.25) is 5.91 Å². The number of thiophene rings is 1. The van der Waals surface area contributed by atoms with E-state index in [4.69, 9.17) is 4.74 Å². The molecule has 26 heavy (non-hydrogen) atoms. The Balaban J connectivity index is 1.36. The van der Waals surface area contributed by atoms with E-state index in [-0.39, 0.29) is 11.3 Å². The van der Waals surface area contributed by atoms with Crippen molar-refractivity contribution in [2.75, 3.05) is 39.4 Å². The van der Waals surface area contributed by atoms with Gasteiger partial charge in [-0.3, -0.25) is 9.69 Å². The van der Waals surface area contributed by atoms with E-state index in [0.29, 0.717) is 5.92 Å². The van der Waals surface area contributed by atoms with Crippen LogP contribution in [0.5, 0.6) is 0 Å². The highest BCUT2D eigenvalue weighted by molar-refractivity contribution is 7.10. The van der Waals surface area contributed by atoms with Crippen molar-refractivity contribution in [2.45, 2.75) is 46.1 Å². The topological polar surface area (TPSA) is 32.8 Å². The molecular weight excluding hydrogens is 344 g/mol. The van der Waals surface area contributed by atoms with Gasteiger partial charge in [-0.1, -0.05) is 0 Å². The molecule has 1 aromatic rings. The molecule has 0 bridgehead atoms. The lowest BCUT2D eigenvalue weighted by Crippen LogP contribution is -2.45. The maximum atomic E-state index is 12.0. The van der Waals surface area contributed by atoms with Gasteiger partial charge >= 0.3 is 0 Å². The van der Waals surface area contributed by atoms with Crippen LogP contribution in [0.2, 0.25) is 0 Å². The van der Waals surface area contributed by atoms with Crippen LogP contribution < -0.4 is 0 Å². The fraction of sp³-hybridized carbons (Fsp3) is 0.762. The van der Waals surface area contributed by atoms with Gasteiger partial charge < -0.3 is 9.64 Å². The highest BCUT2D eigenvalue weighted by Gasteiger charge is 2.48. The first-order chi connectivity index (χ1) is 12.6. The van der Waals surface area contributed by atoms with Gasteiger partial charge in [-0.05, 0) is 74.0 Å². The molecule has 4 rings (SSSR count). The van der Waals surface area contributed by atoms with Gasteiger partial charge in [0.1, 0.15) is 0 Å². The van der Waals surface area contributed by atoms with Crippen LogP contribution in [0, 0.1) is 24.2 Å². The van der Waals surface area contributed by atoms with Crippen LogP contribution in [-0.4, -0.2) is 55.1 Å². The zero-order valence-electron chi connectivity index (χ0n) is 16.2. The summed E-state index contributed by atoms with van der Waals surface area (Å²) in [4.78, 5) is 18.2. The predicted molar refractivity (Wildman–Crippen MR) is 105 cm³/mol. The van der Waals surface area contributed by atoms with E-state index >= 15 is 0 Å². The molecule has 144 valence electrons. The minimum absolute atomic E-state index is 0.228. The Morgan fingerprint density at radius 2 is 2.08 bits per heavy atom. The summed E-state index contributed by atoms with van der Waals surface area (Å²) in [5, 5.41) is 2.20. The Morgan fingerprint density at radius 1 is 1.31 bits per heavy atom. The van der Waals surface area contributed by atoms with Crippen molar-refractivity contribution in [3.63, 3.8) is 0 Å². The van der Waals surface area contributed by atoms with Gasteiger partial charge in [0, 0.05) is 44.0 Å². The van der Waals surface area contributed by atoms with Gasteiger partial charge in [-0.15, -0.1) is 11.3 Å². The van der Waals surface area contributed by atoms with E-state index in [1.807, 2.05) is 11.3 Å². The molecule has 5 heteroatoms. The number of hydrogen-bond acceptors (Lipinski definition) is 4. The van der Waals surface area contributed by atoms with Crippen molar-refractivity contribution in [1.29, 1.82) is 0 Å². The lowest BCUT2D eigenvalue weighted by molar-refractivity contribution is -0.128. The molecule has 2 aliphatic heterocycles. The van der Waals surface area contributed by atoms with E-state index in [1.165, 1.54) is 36.1 Å². The Labute approximate surface area is 161 Å². The number of carbonyl (C=O) groups is 1. The molecule has 1 atom stereocenters. The minimum Gasteiger partial charge on any atom is -0.381 e. The molecular formula is C21H32N2O2S. The molecule has 0 N–H and O–H groups in total. The third-order valence-electron chi connectivity index (χ3n) is 6.81. The van der Waals surface area contributed by atoms with E-state index in [1.54, 1.807) is 6.92 Å². The fourth-order valence-corrected chi connectivity index (χ4v) is 5.60. The largest absolute Gasteiger partial charge is 0.381 e. The number of hydrogen-bond donors (Lipinski definition) is 0. The second-order valence-corrected chi connectivity index (χ2v) is 9.74. The summed E-state index contributed by atoms with van der Waals surface area (Å²) in [6.45, 7) is 10.9. The smallest absolute Gasteiger partial charge is 0.219 e. The van der Waals surface area contributed by atoms with E-state index in [0.717, 1.165) is 51.9 Å². The molecule has 4 nitrogen and oxygen atoms in total. The molecule has 2 saturated heterocycles. The standard InChI is InChI=1S/C21H32N2O2S/c1-16-5-10-26-20(16)12-22-8-6-21(7-9-22)15-23(17(2)24)11-19(21)14-25-13-18-3-4-18/h5,10,18-19H,3-4,6-9,11-15H2,1-2H3. The number of aryl methyl sites for hydroxylation is 1. The number of piperidine rings is 1. The molecule has 1 spiro atoms. The van der Waals surface area contributed by atoms with E-state index in [2.05, 4.69) is 28.2 Å². The summed E-state index contributed by atoms with van der Waals surface area (Å²) >= 11 is 1.88. The average Bonchev–Trinajstić information content (AvgIpc) is 3.26. The molecule has 0 radical (unpaired) electrons. The van der Waals surface area contributed by atoms with Gasteiger partial charge in [-0.2, -0.15) is 0 Å². The second kappa shape index (κ2) is 7.61. The fourth-order valence-electron chi connectivity index (χ4n) is 4.66. The zero-order valence-corrected chi connectivity index (χ0v) is 17.0. The molecule has 1 amide bonds. The third-order valence-corrected chi connectivity index (χ3v) is 7.82. The Kier molecular flexibility index (Phi) is 5.40. The molecule has 0 aromatic carbocycles. The normalized spacial score (nSPS) is 25.9. The van der Waals surface area contributed by atoms with E-state index in [9.17, 15) is 4.79 Å². The van der Waals surface area contributed by atoms with Crippen molar-refractivity contribution in [1.82, 2.24) is 9.80 Å². The molecule has 3 fully saturated rings. The van der Waals surface area contributed by atoms with Crippen LogP contribution >= 0.6 is 11.3 Å². The number of carbonyl (C=O) groups excluding carboxylic acids is 1. The molecule has 3 heterocycles. The summed E-state index contributed by atoms with van der Waals surface area (Å²) in [6.07, 6.45) is 5.07. The Bertz CT molecular complexity index is 632. The lowest BCUT2D eigenvalue weighted by Gasteiger charge is -2.42. The van der Waals surface area contributed by atoms with Gasteiger partial charge in [0.25, 0.3) is 0 Å². The first-order valence-electron chi connectivity index (χ1n) is 10.1. The van der Waals surface area contributed by atoms with Crippen LogP contribution in [0.4, 0.5) is 0 Å². The maximum Gasteiger partial charge on any atom is 0.219 e. The Hall–Kier alpha value is -0.910. The number of nitrogens with zero attached hydrogens (tertiary/aromatic N) is 2. The van der Waals surface area contributed by atoms with Crippen molar-refractivity contribution in [3.05, 3.63) is 21.9 Å². The molecule has 1 saturated carbocycles. The average molecular weight is 377 g/mol. The second-order valence-electron chi connectivity index (χ2n) is 8.74. The van der Waals surface area contributed by atoms with Gasteiger partial charge in [0.05, 0.1) is 6.61 Å². The summed E-state index contributed by atoms with van der Waals surface area (Å²) in [5.74, 6) is 1.55. The number of rotatable bonds is 6. The van der Waals surface area contributed by atoms with Gasteiger partial charge in [0.15, 0.2) is 0 Å². The molecule has 3 aliphatic rings. The summed E-state index contributed by atoms with van der Waals surface area (Å²) < 4.78 is 6.08. The van der Waals surface area contributed by atoms with Crippen LogP contribution in [0.1, 0.15) is 43.0 Å². The van der Waals surface area contributed by atoms with Crippen LogP contribution in [-0.2, 0) is 16.1 Å². The van der Waals surface area contributed by atoms with Crippen LogP contribution in [0.25, 0.3) is 0 Å². The molecule has 1 unspecified atom stereocenters. The van der Waals surface area contributed by atoms with Crippen LogP contribution in [0.15, 0.2) is 11.4 Å². The highest BCUT2D eigenvalue weighted by atomic mass is 32.1. The van der Waals surface area contributed by atoms with Crippen molar-refractivity contribution in [2.24, 2.45) is 17.3 Å². The summed E-state index contributed by atoms with van der Waals surface area (Å²) in [7, 11) is 0. The minimum atomic E-state index is 0.228. The summed E-state index contributed by atoms with van der Waals surface area (Å²) in [5.41, 5.74) is 1.70. The Morgan fingerprint density at radius 3 is 2.69 bits per heavy atom. The zero-order chi connectivity index (χ0) is 18.1. The highest BCUT2D eigenvalue weighted by Crippen LogP contribution is 2.45. The number of amides is 1. The molecule has 1 aliphatic carbocycles. The van der Waals surface area contributed by atoms with Crippen LogP contribution in [0.3, 0.4) is 0 Å². The predicted octanol–water partition coefficient (Wildman–Crippen LogP) is 3.54. The quantitative estimate of drug-likeness (QED) is 0.761. The van der Waals surface area contributed by atoms with Crippen molar-refractivity contribution >= 4 is 17.2 Å². The first kappa shape index (κ1) is 18.5. The van der Waals surface area contributed by atoms with Gasteiger partial charge in [-0.25, -0.2) is 0 Å². The maximum absolute atomic E-state index is 12.0. The van der Waals surface area contributed by atoms with Crippen molar-refractivity contribution < 1.29 is 9.53 Å². The SMILES string of the molecule is CC(=O)N1CC(COCC2CC2)C2(CCN(Cc3sccc3C)CC2)C1. The molecule has 1 aromatic heterocycles. The first-order valence-corrected chi connectivity index (χ1v) is 11.0. The number of ether oxygens (including phenoxy) is 1. The van der Waals surface area contributed by atoms with Crippen molar-refractivity contribution in [3.8, 4) is 0 Å². The lowest BCUT2D eigenvalue weighted by atomic mass is 9.71. The summed E-state index contributed by atoms with van der Waals surface area (Å²) in [6, 6.07) is 2.22. The third kappa shape index (κ3) is 4.00.